The Bertz CT molecular complexity index is 3300. The topological polar surface area (TPSA) is 675 Å². The Balaban J connectivity index is 1.32. The average molecular weight is 1760 g/mol. The summed E-state index contributed by atoms with van der Waals surface area (Å²) in [6.07, 6.45) is -24.2. The summed E-state index contributed by atoms with van der Waals surface area (Å²) < 4.78 is 78.8. The van der Waals surface area contributed by atoms with E-state index in [1.807, 2.05) is 0 Å². The molecule has 0 aliphatic carbocycles. The van der Waals surface area contributed by atoms with Crippen molar-refractivity contribution < 1.29 is 180 Å². The van der Waals surface area contributed by atoms with Gasteiger partial charge in [-0.1, -0.05) is 0 Å². The van der Waals surface area contributed by atoms with Crippen LogP contribution in [0.2, 0.25) is 0 Å². The summed E-state index contributed by atoms with van der Waals surface area (Å²) in [5.41, 5.74) is -0.702. The smallest absolute Gasteiger partial charge is 0.251 e. The second-order valence-electron chi connectivity index (χ2n) is 29.4. The predicted molar refractivity (Wildman–Crippen MR) is 412 cm³/mol. The molecule has 122 heavy (non-hydrogen) atoms. The zero-order chi connectivity index (χ0) is 90.2. The van der Waals surface area contributed by atoms with Crippen LogP contribution in [-0.4, -0.2) is 442 Å². The SMILES string of the molecule is CC(=O)NC1C(OCCOCCNC(=O)CN(CC(=O)NCCOCCOCCOC2OC(CO)C(O)C(O)C2NC(C)=O)C(=O)CCC(NC(=O)c2ccc(OC(C)(C)C)cc2)C(=O)N(CC(=O)NCCOCCOC2OC(CO)C(O)C(O)C2NC(C)=O)CC(=O)NCCOCCOC2OC(CO)C(O)C(O)C2NC(C)=O)OC(CO)C(O)C1O. The first-order chi connectivity index (χ1) is 58.0. The molecule has 1 aromatic rings. The lowest BCUT2D eigenvalue weighted by molar-refractivity contribution is -0.272. The molecular formula is C74H123N11O37. The molecule has 696 valence electrons. The van der Waals surface area contributed by atoms with E-state index in [0.717, 1.165) is 30.6 Å². The van der Waals surface area contributed by atoms with Gasteiger partial charge in [0.05, 0.1) is 119 Å². The summed E-state index contributed by atoms with van der Waals surface area (Å²) >= 11 is 0. The van der Waals surface area contributed by atoms with Gasteiger partial charge in [0.1, 0.15) is 141 Å². The molecule has 21 unspecified atom stereocenters. The number of benzene rings is 1. The number of nitrogens with one attached hydrogen (secondary N) is 9. The highest BCUT2D eigenvalue weighted by molar-refractivity contribution is 5.99. The number of nitrogens with zero attached hydrogens (tertiary/aromatic N) is 2. The van der Waals surface area contributed by atoms with Gasteiger partial charge < -0.3 is 185 Å². The maximum atomic E-state index is 15.2. The summed E-state index contributed by atoms with van der Waals surface area (Å²) in [4.78, 5) is 149. The van der Waals surface area contributed by atoms with Gasteiger partial charge in [0.25, 0.3) is 5.91 Å². The highest BCUT2D eigenvalue weighted by Gasteiger charge is 2.49. The lowest BCUT2D eigenvalue weighted by Crippen LogP contribution is -2.64. The van der Waals surface area contributed by atoms with Crippen LogP contribution in [0, 0.1) is 0 Å². The molecule has 5 rings (SSSR count). The van der Waals surface area contributed by atoms with Crippen molar-refractivity contribution in [3.05, 3.63) is 29.8 Å². The van der Waals surface area contributed by atoms with E-state index in [1.54, 1.807) is 20.8 Å². The molecule has 48 heteroatoms. The van der Waals surface area contributed by atoms with E-state index in [2.05, 4.69) is 47.9 Å². The molecule has 21 atom stereocenters. The Morgan fingerprint density at radius 1 is 0.385 bits per heavy atom. The van der Waals surface area contributed by atoms with E-state index in [1.165, 1.54) is 31.2 Å². The van der Waals surface area contributed by atoms with Crippen molar-refractivity contribution in [2.45, 2.75) is 196 Å². The third-order valence-electron chi connectivity index (χ3n) is 18.5. The van der Waals surface area contributed by atoms with Crippen LogP contribution in [0.5, 0.6) is 5.75 Å². The summed E-state index contributed by atoms with van der Waals surface area (Å²) in [7, 11) is 0. The van der Waals surface area contributed by atoms with Crippen molar-refractivity contribution in [3.8, 4) is 5.75 Å². The van der Waals surface area contributed by atoms with Crippen LogP contribution in [0.25, 0.3) is 0 Å². The highest BCUT2D eigenvalue weighted by Crippen LogP contribution is 2.27. The molecule has 4 aliphatic rings. The molecule has 0 saturated carbocycles. The minimum Gasteiger partial charge on any atom is -0.488 e. The van der Waals surface area contributed by atoms with E-state index >= 15 is 4.79 Å². The van der Waals surface area contributed by atoms with Crippen LogP contribution in [0.3, 0.4) is 0 Å². The van der Waals surface area contributed by atoms with Crippen LogP contribution in [0.1, 0.15) is 71.7 Å². The van der Waals surface area contributed by atoms with Crippen molar-refractivity contribution in [3.63, 3.8) is 0 Å². The first-order valence-electron chi connectivity index (χ1n) is 39.7. The number of hydrogen-bond donors (Lipinski definition) is 21. The Labute approximate surface area is 703 Å². The number of rotatable bonds is 54. The van der Waals surface area contributed by atoms with Crippen LogP contribution >= 0.6 is 0 Å². The fraction of sp³-hybridized carbons (Fsp3) is 0.770. The second-order valence-corrected chi connectivity index (χ2v) is 29.4. The van der Waals surface area contributed by atoms with Gasteiger partial charge in [0, 0.05) is 65.9 Å². The van der Waals surface area contributed by atoms with Gasteiger partial charge >= 0.3 is 0 Å². The van der Waals surface area contributed by atoms with E-state index in [9.17, 15) is 109 Å². The summed E-state index contributed by atoms with van der Waals surface area (Å²) in [6, 6.07) is -1.00. The van der Waals surface area contributed by atoms with Gasteiger partial charge in [-0.3, -0.25) is 52.7 Å². The molecule has 1 aromatic carbocycles. The molecule has 0 spiro atoms. The highest BCUT2D eigenvalue weighted by atomic mass is 16.7. The van der Waals surface area contributed by atoms with Crippen LogP contribution in [-0.2, 0) is 110 Å². The van der Waals surface area contributed by atoms with Gasteiger partial charge in [0.2, 0.25) is 59.1 Å². The normalized spacial score (nSPS) is 26.7. The number of carbonyl (C=O) groups is 11. The third kappa shape index (κ3) is 36.4. The molecule has 48 nitrogen and oxygen atoms in total. The quantitative estimate of drug-likeness (QED) is 0.0269. The molecule has 0 radical (unpaired) electrons. The fourth-order valence-corrected chi connectivity index (χ4v) is 12.6. The molecule has 4 heterocycles. The number of aliphatic hydroxyl groups is 12. The van der Waals surface area contributed by atoms with E-state index in [-0.39, 0.29) is 124 Å². The molecular weight excluding hydrogens is 1630 g/mol. The van der Waals surface area contributed by atoms with Crippen LogP contribution in [0.15, 0.2) is 24.3 Å². The number of carbonyl (C=O) groups excluding carboxylic acids is 11. The lowest BCUT2D eigenvalue weighted by Gasteiger charge is -2.42. The summed E-state index contributed by atoms with van der Waals surface area (Å²) in [5.74, 6) is -8.36. The van der Waals surface area contributed by atoms with E-state index < -0.39 is 265 Å². The molecule has 4 aliphatic heterocycles. The zero-order valence-electron chi connectivity index (χ0n) is 69.2. The molecule has 4 fully saturated rings. The van der Waals surface area contributed by atoms with Crippen molar-refractivity contribution in [1.29, 1.82) is 0 Å². The van der Waals surface area contributed by atoms with Crippen LogP contribution in [0.4, 0.5) is 0 Å². The fourth-order valence-electron chi connectivity index (χ4n) is 12.6. The van der Waals surface area contributed by atoms with Gasteiger partial charge in [0.15, 0.2) is 25.2 Å². The van der Waals surface area contributed by atoms with Gasteiger partial charge in [-0.25, -0.2) is 0 Å². The molecule has 11 amide bonds. The third-order valence-corrected chi connectivity index (χ3v) is 18.5. The largest absolute Gasteiger partial charge is 0.488 e. The maximum Gasteiger partial charge on any atom is 0.251 e. The number of ether oxygens (including phenoxy) is 14. The number of hydrogen-bond acceptors (Lipinski definition) is 37. The lowest BCUT2D eigenvalue weighted by atomic mass is 9.97. The molecule has 0 aromatic heterocycles. The predicted octanol–water partition coefficient (Wildman–Crippen LogP) is -12.2. The minimum atomic E-state index is -1.79. The Hall–Kier alpha value is -7.81. The first kappa shape index (κ1) is 105. The molecule has 21 N–H and O–H groups in total. The van der Waals surface area contributed by atoms with Crippen LogP contribution < -0.4 is 52.6 Å². The second kappa shape index (κ2) is 54.8. The number of amides is 11. The molecule has 4 saturated heterocycles. The Morgan fingerprint density at radius 3 is 0.926 bits per heavy atom. The standard InChI is InChI=1S/C74H123N11O37/c1-40(90)79-56-64(103)60(99)47(36-86)118-70(56)114-28-24-110-19-15-76-52(95)33-84(32-51(94)75-14-18-109-22-23-113-27-31-117-73-59(82-43(4)93)67(106)63(102)50(39-89)121-73)55(98)13-12-46(83-68(107)44-8-10-45(11-9-44)122-74(5,6)7)69(108)85(34-53(96)77-16-20-111-25-29-115-71-57(80-41(2)91)65(104)61(100)48(37-87)119-71)35-54(97)78-17-21-112-26-30-116-72-58(81-42(3)92)66(105)62(101)49(38-88)120-72/h8-11,46-50,56-67,70-73,86-89,99-106H,12-39H2,1-7H3,(H,75,94)(H,76,95)(H,77,96)(H,78,97)(H,79,90)(H,80,91)(H,81,92)(H,82,93)(H,83,107). The Morgan fingerprint density at radius 2 is 0.656 bits per heavy atom. The molecule has 0 bridgehead atoms. The van der Waals surface area contributed by atoms with E-state index in [4.69, 9.17) is 66.3 Å². The maximum absolute atomic E-state index is 15.2. The average Bonchev–Trinajstić information content (AvgIpc) is 0.818. The van der Waals surface area contributed by atoms with Crippen molar-refractivity contribution in [2.24, 2.45) is 0 Å². The Kier molecular flexibility index (Phi) is 47.1. The number of aliphatic hydroxyl groups excluding tert-OH is 12. The van der Waals surface area contributed by atoms with Gasteiger partial charge in [-0.2, -0.15) is 0 Å². The van der Waals surface area contributed by atoms with Crippen molar-refractivity contribution >= 4 is 65.0 Å². The monoisotopic (exact) mass is 1760 g/mol. The van der Waals surface area contributed by atoms with E-state index in [0.29, 0.717) is 5.75 Å². The van der Waals surface area contributed by atoms with Crippen molar-refractivity contribution in [1.82, 2.24) is 57.7 Å². The summed E-state index contributed by atoms with van der Waals surface area (Å²) in [5, 5.41) is 145. The zero-order valence-corrected chi connectivity index (χ0v) is 69.2. The van der Waals surface area contributed by atoms with Gasteiger partial charge in [-0.05, 0) is 51.5 Å². The van der Waals surface area contributed by atoms with Crippen molar-refractivity contribution in [2.75, 3.05) is 171 Å². The van der Waals surface area contributed by atoms with Gasteiger partial charge in [-0.15, -0.1) is 0 Å². The first-order valence-corrected chi connectivity index (χ1v) is 39.7. The minimum absolute atomic E-state index is 0.00647. The summed E-state index contributed by atoms with van der Waals surface area (Å²) in [6.45, 7) is 0.853.